The fourth-order valence-corrected chi connectivity index (χ4v) is 2.12. The Balaban J connectivity index is 2.16. The van der Waals surface area contributed by atoms with Gasteiger partial charge >= 0.3 is 0 Å². The van der Waals surface area contributed by atoms with Crippen molar-refractivity contribution < 1.29 is 0 Å². The topological polar surface area (TPSA) is 38.9 Å². The highest BCUT2D eigenvalue weighted by atomic mass is 35.5. The van der Waals surface area contributed by atoms with Crippen LogP contribution in [0.3, 0.4) is 0 Å². The highest BCUT2D eigenvalue weighted by Gasteiger charge is 2.09. The molecule has 1 aromatic heterocycles. The second-order valence-electron chi connectivity index (χ2n) is 4.26. The second-order valence-corrected chi connectivity index (χ2v) is 5.08. The number of aromatic nitrogens is 1. The van der Waals surface area contributed by atoms with Gasteiger partial charge < -0.3 is 5.73 Å². The first-order valence-corrected chi connectivity index (χ1v) is 6.45. The molecule has 0 spiro atoms. The summed E-state index contributed by atoms with van der Waals surface area (Å²) in [6.45, 7) is 1.95. The lowest BCUT2D eigenvalue weighted by atomic mass is 10.0. The molecule has 2 N–H and O–H groups in total. The van der Waals surface area contributed by atoms with E-state index < -0.39 is 0 Å². The van der Waals surface area contributed by atoms with Gasteiger partial charge in [-0.2, -0.15) is 0 Å². The Bertz CT molecular complexity index is 555. The van der Waals surface area contributed by atoms with E-state index in [1.807, 2.05) is 37.3 Å². The number of halogens is 2. The minimum absolute atomic E-state index is 0.137. The Morgan fingerprint density at radius 1 is 1.17 bits per heavy atom. The molecule has 0 aliphatic heterocycles. The van der Waals surface area contributed by atoms with Crippen LogP contribution < -0.4 is 5.73 Å². The molecule has 1 atom stereocenters. The molecule has 18 heavy (non-hydrogen) atoms. The van der Waals surface area contributed by atoms with Crippen LogP contribution >= 0.6 is 23.2 Å². The number of pyridine rings is 1. The zero-order valence-corrected chi connectivity index (χ0v) is 11.5. The van der Waals surface area contributed by atoms with Gasteiger partial charge in [0.05, 0.1) is 21.8 Å². The van der Waals surface area contributed by atoms with Gasteiger partial charge in [-0.05, 0) is 43.2 Å². The summed E-state index contributed by atoms with van der Waals surface area (Å²) >= 11 is 11.9. The van der Waals surface area contributed by atoms with Crippen molar-refractivity contribution in [2.75, 3.05) is 0 Å². The first-order valence-electron chi connectivity index (χ1n) is 5.69. The molecular weight excluding hydrogens is 267 g/mol. The quantitative estimate of drug-likeness (QED) is 0.925. The molecule has 1 unspecified atom stereocenters. The number of benzene rings is 1. The van der Waals surface area contributed by atoms with Gasteiger partial charge in [-0.1, -0.05) is 35.3 Å². The smallest absolute Gasteiger partial charge is 0.0595 e. The Morgan fingerprint density at radius 3 is 2.61 bits per heavy atom. The summed E-state index contributed by atoms with van der Waals surface area (Å²) in [4.78, 5) is 4.43. The first kappa shape index (κ1) is 13.3. The molecule has 94 valence electrons. The summed E-state index contributed by atoms with van der Waals surface area (Å²) in [6, 6.07) is 11.3. The van der Waals surface area contributed by atoms with Gasteiger partial charge in [-0.15, -0.1) is 0 Å². The van der Waals surface area contributed by atoms with Gasteiger partial charge in [0.2, 0.25) is 0 Å². The van der Waals surface area contributed by atoms with E-state index in [9.17, 15) is 0 Å². The van der Waals surface area contributed by atoms with Crippen molar-refractivity contribution in [2.24, 2.45) is 5.73 Å². The lowest BCUT2D eigenvalue weighted by Crippen LogP contribution is -2.15. The van der Waals surface area contributed by atoms with E-state index in [1.54, 1.807) is 6.07 Å². The molecule has 2 aromatic rings. The van der Waals surface area contributed by atoms with E-state index in [0.29, 0.717) is 16.5 Å². The average Bonchev–Trinajstić information content (AvgIpc) is 2.34. The van der Waals surface area contributed by atoms with E-state index in [1.165, 1.54) is 0 Å². The molecule has 0 saturated heterocycles. The predicted molar refractivity (Wildman–Crippen MR) is 76.1 cm³/mol. The normalized spacial score (nSPS) is 12.4. The minimum atomic E-state index is -0.137. The fraction of sp³-hybridized carbons (Fsp3) is 0.214. The second kappa shape index (κ2) is 5.70. The molecule has 0 fully saturated rings. The fourth-order valence-electron chi connectivity index (χ4n) is 1.80. The molecule has 4 heteroatoms. The molecule has 2 rings (SSSR count). The van der Waals surface area contributed by atoms with Crippen LogP contribution in [0, 0.1) is 6.92 Å². The third-order valence-corrected chi connectivity index (χ3v) is 3.47. The zero-order chi connectivity index (χ0) is 13.1. The summed E-state index contributed by atoms with van der Waals surface area (Å²) in [5, 5.41) is 1.11. The van der Waals surface area contributed by atoms with E-state index in [-0.39, 0.29) is 6.04 Å². The third kappa shape index (κ3) is 3.22. The van der Waals surface area contributed by atoms with Crippen LogP contribution in [0.25, 0.3) is 0 Å². The largest absolute Gasteiger partial charge is 0.322 e. The number of hydrogen-bond donors (Lipinski definition) is 1. The highest BCUT2D eigenvalue weighted by molar-refractivity contribution is 6.42. The summed E-state index contributed by atoms with van der Waals surface area (Å²) < 4.78 is 0. The Labute approximate surface area is 117 Å². The zero-order valence-electron chi connectivity index (χ0n) is 10.0. The molecular formula is C14H14Cl2N2. The molecule has 0 saturated carbocycles. The molecule has 2 nitrogen and oxygen atoms in total. The SMILES string of the molecule is Cc1cccc(C(N)Cc2ccc(Cl)c(Cl)c2)n1. The van der Waals surface area contributed by atoms with E-state index in [0.717, 1.165) is 17.0 Å². The van der Waals surface area contributed by atoms with E-state index in [4.69, 9.17) is 28.9 Å². The van der Waals surface area contributed by atoms with Crippen molar-refractivity contribution in [2.45, 2.75) is 19.4 Å². The molecule has 0 aliphatic rings. The molecule has 0 radical (unpaired) electrons. The molecule has 0 aliphatic carbocycles. The van der Waals surface area contributed by atoms with Crippen LogP contribution in [0.4, 0.5) is 0 Å². The van der Waals surface area contributed by atoms with Gasteiger partial charge in [-0.3, -0.25) is 4.98 Å². The molecule has 0 amide bonds. The minimum Gasteiger partial charge on any atom is -0.322 e. The Hall–Kier alpha value is -1.09. The van der Waals surface area contributed by atoms with Crippen molar-refractivity contribution in [3.05, 3.63) is 63.4 Å². The maximum Gasteiger partial charge on any atom is 0.0595 e. The third-order valence-electron chi connectivity index (χ3n) is 2.73. The maximum atomic E-state index is 6.15. The van der Waals surface area contributed by atoms with Crippen molar-refractivity contribution in [1.82, 2.24) is 4.98 Å². The summed E-state index contributed by atoms with van der Waals surface area (Å²) in [5.41, 5.74) is 9.06. The number of rotatable bonds is 3. The van der Waals surface area contributed by atoms with Crippen LogP contribution in [0.15, 0.2) is 36.4 Å². The van der Waals surface area contributed by atoms with Crippen LogP contribution in [0.2, 0.25) is 10.0 Å². The monoisotopic (exact) mass is 280 g/mol. The van der Waals surface area contributed by atoms with E-state index in [2.05, 4.69) is 4.98 Å². The molecule has 0 bridgehead atoms. The van der Waals surface area contributed by atoms with Crippen LogP contribution in [0.5, 0.6) is 0 Å². The van der Waals surface area contributed by atoms with Gasteiger partial charge in [-0.25, -0.2) is 0 Å². The summed E-state index contributed by atoms with van der Waals surface area (Å²) in [7, 11) is 0. The predicted octanol–water partition coefficient (Wildman–Crippen LogP) is 3.94. The maximum absolute atomic E-state index is 6.15. The van der Waals surface area contributed by atoms with Gasteiger partial charge in [0.1, 0.15) is 0 Å². The summed E-state index contributed by atoms with van der Waals surface area (Å²) in [5.74, 6) is 0. The standard InChI is InChI=1S/C14H14Cl2N2/c1-9-3-2-4-14(18-9)13(17)8-10-5-6-11(15)12(16)7-10/h2-7,13H,8,17H2,1H3. The number of nitrogens with zero attached hydrogens (tertiary/aromatic N) is 1. The number of nitrogens with two attached hydrogens (primary N) is 1. The Kier molecular flexibility index (Phi) is 4.23. The van der Waals surface area contributed by atoms with Crippen LogP contribution in [-0.2, 0) is 6.42 Å². The molecule has 1 heterocycles. The van der Waals surface area contributed by atoms with Crippen LogP contribution in [-0.4, -0.2) is 4.98 Å². The summed E-state index contributed by atoms with van der Waals surface area (Å²) in [6.07, 6.45) is 0.688. The lowest BCUT2D eigenvalue weighted by molar-refractivity contribution is 0.693. The van der Waals surface area contributed by atoms with Crippen molar-refractivity contribution in [1.29, 1.82) is 0 Å². The van der Waals surface area contributed by atoms with Crippen molar-refractivity contribution in [3.8, 4) is 0 Å². The number of aryl methyl sites for hydroxylation is 1. The average molecular weight is 281 g/mol. The van der Waals surface area contributed by atoms with Crippen molar-refractivity contribution in [3.63, 3.8) is 0 Å². The van der Waals surface area contributed by atoms with Gasteiger partial charge in [0, 0.05) is 5.69 Å². The van der Waals surface area contributed by atoms with Gasteiger partial charge in [0.15, 0.2) is 0 Å². The first-order chi connectivity index (χ1) is 8.56. The van der Waals surface area contributed by atoms with Crippen molar-refractivity contribution >= 4 is 23.2 Å². The van der Waals surface area contributed by atoms with E-state index >= 15 is 0 Å². The number of hydrogen-bond acceptors (Lipinski definition) is 2. The lowest BCUT2D eigenvalue weighted by Gasteiger charge is -2.12. The van der Waals surface area contributed by atoms with Crippen LogP contribution in [0.1, 0.15) is 23.0 Å². The Morgan fingerprint density at radius 2 is 1.94 bits per heavy atom. The van der Waals surface area contributed by atoms with Gasteiger partial charge in [0.25, 0.3) is 0 Å². The highest BCUT2D eigenvalue weighted by Crippen LogP contribution is 2.24. The molecule has 1 aromatic carbocycles.